The van der Waals surface area contributed by atoms with Crippen LogP contribution in [0.5, 0.6) is 0 Å². The molecule has 0 spiro atoms. The molecule has 2 atom stereocenters. The largest absolute Gasteiger partial charge is 0.373 e. The predicted octanol–water partition coefficient (Wildman–Crippen LogP) is 1.08. The van der Waals surface area contributed by atoms with Gasteiger partial charge in [0, 0.05) is 26.2 Å². The highest BCUT2D eigenvalue weighted by atomic mass is 16.5. The summed E-state index contributed by atoms with van der Waals surface area (Å²) in [4.78, 5) is 4.97. The van der Waals surface area contributed by atoms with Crippen molar-refractivity contribution < 1.29 is 4.74 Å². The number of hydrogen-bond donors (Lipinski definition) is 0. The molecule has 1 aromatic heterocycles. The van der Waals surface area contributed by atoms with Gasteiger partial charge in [0.05, 0.1) is 24.4 Å². The molecular weight excluding hydrogens is 252 g/mol. The minimum absolute atomic E-state index is 0.339. The monoisotopic (exact) mass is 274 g/mol. The predicted molar refractivity (Wildman–Crippen MR) is 76.8 cm³/mol. The molecule has 3 aliphatic rings. The Morgan fingerprint density at radius 1 is 1.25 bits per heavy atom. The first-order valence-electron chi connectivity index (χ1n) is 7.70. The van der Waals surface area contributed by atoms with Crippen LogP contribution in [0.2, 0.25) is 0 Å². The fraction of sp³-hybridized carbons (Fsp3) is 0.733. The van der Waals surface area contributed by atoms with Gasteiger partial charge in [0.15, 0.2) is 5.82 Å². The van der Waals surface area contributed by atoms with E-state index >= 15 is 0 Å². The Kier molecular flexibility index (Phi) is 3.11. The Hall–Kier alpha value is -1.20. The van der Waals surface area contributed by atoms with Gasteiger partial charge in [0.25, 0.3) is 0 Å². The summed E-state index contributed by atoms with van der Waals surface area (Å²) in [7, 11) is 0. The van der Waals surface area contributed by atoms with Gasteiger partial charge in [-0.2, -0.15) is 5.10 Å². The quantitative estimate of drug-likeness (QED) is 0.825. The van der Waals surface area contributed by atoms with Gasteiger partial charge in [-0.25, -0.2) is 0 Å². The lowest BCUT2D eigenvalue weighted by Gasteiger charge is -2.37. The van der Waals surface area contributed by atoms with E-state index < -0.39 is 0 Å². The summed E-state index contributed by atoms with van der Waals surface area (Å²) in [6, 6.07) is 4.58. The van der Waals surface area contributed by atoms with E-state index in [1.54, 1.807) is 0 Å². The molecule has 1 saturated carbocycles. The first kappa shape index (κ1) is 12.5. The zero-order chi connectivity index (χ0) is 13.5. The topological polar surface area (TPSA) is 41.5 Å². The highest BCUT2D eigenvalue weighted by Crippen LogP contribution is 2.33. The van der Waals surface area contributed by atoms with Gasteiger partial charge in [0.2, 0.25) is 0 Å². The number of anilines is 1. The molecule has 0 unspecified atom stereocenters. The summed E-state index contributed by atoms with van der Waals surface area (Å²) in [5.41, 5.74) is 0.973. The van der Waals surface area contributed by atoms with Gasteiger partial charge in [-0.05, 0) is 37.8 Å². The fourth-order valence-corrected chi connectivity index (χ4v) is 3.41. The van der Waals surface area contributed by atoms with Crippen LogP contribution in [0.3, 0.4) is 0 Å². The van der Waals surface area contributed by atoms with Crippen LogP contribution in [0.4, 0.5) is 5.82 Å². The van der Waals surface area contributed by atoms with Crippen molar-refractivity contribution in [2.24, 2.45) is 5.92 Å². The second kappa shape index (κ2) is 4.97. The second-order valence-electron chi connectivity index (χ2n) is 6.36. The zero-order valence-electron chi connectivity index (χ0n) is 12.0. The number of hydrogen-bond acceptors (Lipinski definition) is 5. The molecule has 0 N–H and O–H groups in total. The van der Waals surface area contributed by atoms with Gasteiger partial charge in [-0.3, -0.25) is 4.90 Å². The zero-order valence-corrected chi connectivity index (χ0v) is 12.0. The molecule has 20 heavy (non-hydrogen) atoms. The molecule has 2 aliphatic heterocycles. The fourth-order valence-electron chi connectivity index (χ4n) is 3.41. The number of nitrogens with zero attached hydrogens (tertiary/aromatic N) is 4. The van der Waals surface area contributed by atoms with E-state index in [1.807, 2.05) is 13.0 Å². The maximum Gasteiger partial charge on any atom is 0.151 e. The molecule has 0 amide bonds. The number of likely N-dealkylation sites (tertiary alicyclic amines) is 1. The SMILES string of the molecule is Cc1ccc(N2CCO[C@@H]3CN(CC4CC4)C[C@@H]32)nn1. The lowest BCUT2D eigenvalue weighted by atomic mass is 10.1. The Bertz CT molecular complexity index is 473. The van der Waals surface area contributed by atoms with Crippen molar-refractivity contribution in [1.29, 1.82) is 0 Å². The normalized spacial score (nSPS) is 30.6. The van der Waals surface area contributed by atoms with Crippen molar-refractivity contribution in [2.45, 2.75) is 31.9 Å². The molecule has 1 aliphatic carbocycles. The summed E-state index contributed by atoms with van der Waals surface area (Å²) in [5, 5.41) is 8.56. The number of aryl methyl sites for hydroxylation is 1. The number of morpholine rings is 1. The van der Waals surface area contributed by atoms with Gasteiger partial charge >= 0.3 is 0 Å². The van der Waals surface area contributed by atoms with E-state index in [0.29, 0.717) is 12.1 Å². The molecule has 2 saturated heterocycles. The van der Waals surface area contributed by atoms with Gasteiger partial charge in [-0.15, -0.1) is 5.10 Å². The molecular formula is C15H22N4O. The van der Waals surface area contributed by atoms with Crippen molar-refractivity contribution in [2.75, 3.05) is 37.7 Å². The van der Waals surface area contributed by atoms with E-state index in [2.05, 4.69) is 26.1 Å². The molecule has 3 heterocycles. The van der Waals surface area contributed by atoms with Crippen LogP contribution < -0.4 is 4.90 Å². The molecule has 108 valence electrons. The van der Waals surface area contributed by atoms with E-state index in [4.69, 9.17) is 4.74 Å². The van der Waals surface area contributed by atoms with Crippen LogP contribution in [0, 0.1) is 12.8 Å². The Morgan fingerprint density at radius 3 is 2.90 bits per heavy atom. The first-order chi connectivity index (χ1) is 9.79. The van der Waals surface area contributed by atoms with E-state index in [-0.39, 0.29) is 0 Å². The highest BCUT2D eigenvalue weighted by molar-refractivity contribution is 5.40. The van der Waals surface area contributed by atoms with Crippen molar-refractivity contribution >= 4 is 5.82 Å². The van der Waals surface area contributed by atoms with Crippen LogP contribution in [0.15, 0.2) is 12.1 Å². The van der Waals surface area contributed by atoms with Crippen molar-refractivity contribution in [3.63, 3.8) is 0 Å². The van der Waals surface area contributed by atoms with Crippen molar-refractivity contribution in [3.8, 4) is 0 Å². The number of rotatable bonds is 3. The highest BCUT2D eigenvalue weighted by Gasteiger charge is 2.41. The third kappa shape index (κ3) is 2.40. The van der Waals surface area contributed by atoms with E-state index in [9.17, 15) is 0 Å². The molecule has 3 fully saturated rings. The molecule has 5 heteroatoms. The summed E-state index contributed by atoms with van der Waals surface area (Å²) >= 11 is 0. The van der Waals surface area contributed by atoms with Crippen LogP contribution in [0.25, 0.3) is 0 Å². The lowest BCUT2D eigenvalue weighted by molar-refractivity contribution is 0.0304. The van der Waals surface area contributed by atoms with Gasteiger partial charge < -0.3 is 9.64 Å². The molecule has 5 nitrogen and oxygen atoms in total. The maximum atomic E-state index is 5.98. The molecule has 0 radical (unpaired) electrons. The average Bonchev–Trinajstić information content (AvgIpc) is 3.16. The average molecular weight is 274 g/mol. The van der Waals surface area contributed by atoms with Crippen LogP contribution in [-0.4, -0.2) is 60.0 Å². The van der Waals surface area contributed by atoms with Crippen LogP contribution in [0.1, 0.15) is 18.5 Å². The van der Waals surface area contributed by atoms with Gasteiger partial charge in [0.1, 0.15) is 0 Å². The first-order valence-corrected chi connectivity index (χ1v) is 7.70. The van der Waals surface area contributed by atoms with Crippen molar-refractivity contribution in [3.05, 3.63) is 17.8 Å². The van der Waals surface area contributed by atoms with E-state index in [0.717, 1.165) is 43.7 Å². The Balaban J connectivity index is 1.50. The Morgan fingerprint density at radius 2 is 2.15 bits per heavy atom. The summed E-state index contributed by atoms with van der Waals surface area (Å²) in [6.07, 6.45) is 3.17. The lowest BCUT2D eigenvalue weighted by Crippen LogP contribution is -2.51. The second-order valence-corrected chi connectivity index (χ2v) is 6.36. The summed E-state index contributed by atoms with van der Waals surface area (Å²) < 4.78 is 5.98. The smallest absolute Gasteiger partial charge is 0.151 e. The summed E-state index contributed by atoms with van der Waals surface area (Å²) in [6.45, 7) is 7.15. The molecule has 1 aromatic rings. The maximum absolute atomic E-state index is 5.98. The standard InChI is InChI=1S/C15H22N4O/c1-11-2-5-15(17-16-11)19-6-7-20-14-10-18(9-13(14)19)8-12-3-4-12/h2,5,12-14H,3-4,6-10H2,1H3/t13-,14+/m0/s1. The van der Waals surface area contributed by atoms with Crippen LogP contribution >= 0.6 is 0 Å². The molecule has 0 bridgehead atoms. The minimum atomic E-state index is 0.339. The van der Waals surface area contributed by atoms with Crippen LogP contribution in [-0.2, 0) is 4.74 Å². The number of ether oxygens (including phenoxy) is 1. The third-order valence-electron chi connectivity index (χ3n) is 4.67. The molecule has 4 rings (SSSR count). The van der Waals surface area contributed by atoms with Gasteiger partial charge in [-0.1, -0.05) is 0 Å². The Labute approximate surface area is 119 Å². The minimum Gasteiger partial charge on any atom is -0.373 e. The van der Waals surface area contributed by atoms with Crippen molar-refractivity contribution in [1.82, 2.24) is 15.1 Å². The summed E-state index contributed by atoms with van der Waals surface area (Å²) in [5.74, 6) is 1.95. The number of aromatic nitrogens is 2. The van der Waals surface area contributed by atoms with E-state index in [1.165, 1.54) is 19.4 Å². The third-order valence-corrected chi connectivity index (χ3v) is 4.67. The number of fused-ring (bicyclic) bond motifs is 1. The molecule has 0 aromatic carbocycles.